The quantitative estimate of drug-likeness (QED) is 0.776. The van der Waals surface area contributed by atoms with Crippen LogP contribution in [0.2, 0.25) is 10.0 Å². The van der Waals surface area contributed by atoms with E-state index in [2.05, 4.69) is 10.6 Å². The highest BCUT2D eigenvalue weighted by molar-refractivity contribution is 7.12. The van der Waals surface area contributed by atoms with Crippen LogP contribution in [0, 0.1) is 0 Å². The fourth-order valence-electron chi connectivity index (χ4n) is 1.73. The van der Waals surface area contributed by atoms with Gasteiger partial charge in [-0.05, 0) is 36.1 Å². The summed E-state index contributed by atoms with van der Waals surface area (Å²) in [4.78, 5) is 24.3. The molecule has 2 amide bonds. The van der Waals surface area contributed by atoms with Crippen molar-refractivity contribution in [2.75, 3.05) is 13.1 Å². The third-order valence-electron chi connectivity index (χ3n) is 2.85. The normalized spacial score (nSPS) is 10.3. The molecule has 116 valence electrons. The predicted molar refractivity (Wildman–Crippen MR) is 90.1 cm³/mol. The first-order chi connectivity index (χ1) is 10.6. The molecule has 0 spiro atoms. The monoisotopic (exact) mass is 356 g/mol. The largest absolute Gasteiger partial charge is 0.352 e. The molecule has 0 saturated heterocycles. The molecule has 0 bridgehead atoms. The number of rotatable bonds is 6. The lowest BCUT2D eigenvalue weighted by Crippen LogP contribution is -2.29. The number of carbonyl (C=O) groups is 2. The van der Waals surface area contributed by atoms with Crippen molar-refractivity contribution in [1.82, 2.24) is 10.6 Å². The van der Waals surface area contributed by atoms with Gasteiger partial charge in [-0.15, -0.1) is 11.3 Å². The van der Waals surface area contributed by atoms with Crippen LogP contribution in [0.15, 0.2) is 35.7 Å². The van der Waals surface area contributed by atoms with E-state index < -0.39 is 0 Å². The number of carbonyl (C=O) groups excluding carboxylic acids is 2. The Morgan fingerprint density at radius 3 is 2.36 bits per heavy atom. The average molecular weight is 357 g/mol. The van der Waals surface area contributed by atoms with Crippen LogP contribution in [-0.2, 0) is 0 Å². The molecule has 0 aliphatic carbocycles. The molecular weight excluding hydrogens is 343 g/mol. The Labute approximate surface area is 142 Å². The number of hydrogen-bond acceptors (Lipinski definition) is 3. The Hall–Kier alpha value is -1.56. The Morgan fingerprint density at radius 2 is 1.73 bits per heavy atom. The second-order valence-corrected chi connectivity index (χ2v) is 6.23. The van der Waals surface area contributed by atoms with Crippen LogP contribution >= 0.6 is 34.5 Å². The lowest BCUT2D eigenvalue weighted by molar-refractivity contribution is 0.0953. The molecule has 1 heterocycles. The van der Waals surface area contributed by atoms with E-state index in [0.29, 0.717) is 40.0 Å². The maximum atomic E-state index is 11.9. The summed E-state index contributed by atoms with van der Waals surface area (Å²) >= 11 is 13.1. The first kappa shape index (κ1) is 16.8. The van der Waals surface area contributed by atoms with Gasteiger partial charge >= 0.3 is 0 Å². The number of amides is 2. The van der Waals surface area contributed by atoms with Gasteiger partial charge in [-0.25, -0.2) is 0 Å². The average Bonchev–Trinajstić information content (AvgIpc) is 3.03. The third-order valence-corrected chi connectivity index (χ3v) is 4.46. The summed E-state index contributed by atoms with van der Waals surface area (Å²) < 4.78 is 0. The van der Waals surface area contributed by atoms with E-state index in [9.17, 15) is 9.59 Å². The molecule has 0 unspecified atom stereocenters. The van der Waals surface area contributed by atoms with Crippen LogP contribution in [0.3, 0.4) is 0 Å². The summed E-state index contributed by atoms with van der Waals surface area (Å²) in [6, 6.07) is 8.32. The SMILES string of the molecule is O=C(NCCCNC(=O)c1cccs1)c1ccc(Cl)c(Cl)c1. The van der Waals surface area contributed by atoms with Crippen molar-refractivity contribution in [2.45, 2.75) is 6.42 Å². The summed E-state index contributed by atoms with van der Waals surface area (Å²) in [5, 5.41) is 8.17. The molecule has 0 aliphatic heterocycles. The molecule has 1 aromatic carbocycles. The Morgan fingerprint density at radius 1 is 1.00 bits per heavy atom. The second kappa shape index (κ2) is 8.17. The van der Waals surface area contributed by atoms with Crippen LogP contribution in [0.4, 0.5) is 0 Å². The predicted octanol–water partition coefficient (Wildman–Crippen LogP) is 3.60. The minimum Gasteiger partial charge on any atom is -0.352 e. The zero-order valence-corrected chi connectivity index (χ0v) is 13.9. The van der Waals surface area contributed by atoms with Crippen molar-refractivity contribution in [3.63, 3.8) is 0 Å². The molecule has 7 heteroatoms. The molecule has 0 fully saturated rings. The van der Waals surface area contributed by atoms with Gasteiger partial charge in [-0.3, -0.25) is 9.59 Å². The van der Waals surface area contributed by atoms with Crippen molar-refractivity contribution < 1.29 is 9.59 Å². The Kier molecular flexibility index (Phi) is 6.24. The lowest BCUT2D eigenvalue weighted by Gasteiger charge is -2.07. The van der Waals surface area contributed by atoms with Crippen molar-refractivity contribution in [1.29, 1.82) is 0 Å². The van der Waals surface area contributed by atoms with Crippen molar-refractivity contribution in [3.05, 3.63) is 56.2 Å². The molecular formula is C15H14Cl2N2O2S. The molecule has 1 aromatic heterocycles. The molecule has 0 saturated carbocycles. The van der Waals surface area contributed by atoms with Gasteiger partial charge in [-0.1, -0.05) is 29.3 Å². The highest BCUT2D eigenvalue weighted by Gasteiger charge is 2.08. The molecule has 2 aromatic rings. The zero-order valence-electron chi connectivity index (χ0n) is 11.6. The summed E-state index contributed by atoms with van der Waals surface area (Å²) in [6.45, 7) is 0.961. The van der Waals surface area contributed by atoms with E-state index in [1.807, 2.05) is 11.4 Å². The van der Waals surface area contributed by atoms with Gasteiger partial charge in [0.15, 0.2) is 0 Å². The van der Waals surface area contributed by atoms with E-state index in [4.69, 9.17) is 23.2 Å². The van der Waals surface area contributed by atoms with Crippen LogP contribution < -0.4 is 10.6 Å². The third kappa shape index (κ3) is 4.73. The fraction of sp³-hybridized carbons (Fsp3) is 0.200. The van der Waals surface area contributed by atoms with Gasteiger partial charge in [0.2, 0.25) is 0 Å². The molecule has 0 aliphatic rings. The van der Waals surface area contributed by atoms with Crippen molar-refractivity contribution in [3.8, 4) is 0 Å². The number of benzene rings is 1. The van der Waals surface area contributed by atoms with E-state index in [1.54, 1.807) is 18.2 Å². The highest BCUT2D eigenvalue weighted by Crippen LogP contribution is 2.22. The van der Waals surface area contributed by atoms with Crippen molar-refractivity contribution in [2.24, 2.45) is 0 Å². The first-order valence-electron chi connectivity index (χ1n) is 6.63. The number of hydrogen-bond donors (Lipinski definition) is 2. The number of halogens is 2. The maximum Gasteiger partial charge on any atom is 0.261 e. The van der Waals surface area contributed by atoms with Gasteiger partial charge in [-0.2, -0.15) is 0 Å². The maximum absolute atomic E-state index is 11.9. The van der Waals surface area contributed by atoms with E-state index in [-0.39, 0.29) is 11.8 Å². The minimum atomic E-state index is -0.219. The summed E-state index contributed by atoms with van der Waals surface area (Å²) in [5.74, 6) is -0.311. The lowest BCUT2D eigenvalue weighted by atomic mass is 10.2. The van der Waals surface area contributed by atoms with Gasteiger partial charge < -0.3 is 10.6 Å². The van der Waals surface area contributed by atoms with E-state index >= 15 is 0 Å². The van der Waals surface area contributed by atoms with Crippen LogP contribution in [0.5, 0.6) is 0 Å². The van der Waals surface area contributed by atoms with E-state index in [0.717, 1.165) is 0 Å². The summed E-state index contributed by atoms with van der Waals surface area (Å²) in [5.41, 5.74) is 0.456. The topological polar surface area (TPSA) is 58.2 Å². The van der Waals surface area contributed by atoms with Gasteiger partial charge in [0.05, 0.1) is 14.9 Å². The first-order valence-corrected chi connectivity index (χ1v) is 8.26. The van der Waals surface area contributed by atoms with Gasteiger partial charge in [0.25, 0.3) is 11.8 Å². The smallest absolute Gasteiger partial charge is 0.261 e. The van der Waals surface area contributed by atoms with E-state index in [1.165, 1.54) is 17.4 Å². The minimum absolute atomic E-state index is 0.0918. The van der Waals surface area contributed by atoms with Crippen molar-refractivity contribution >= 4 is 46.4 Å². The van der Waals surface area contributed by atoms with Gasteiger partial charge in [0.1, 0.15) is 0 Å². The fourth-order valence-corrected chi connectivity index (χ4v) is 2.66. The summed E-state index contributed by atoms with van der Waals surface area (Å²) in [6.07, 6.45) is 0.643. The van der Waals surface area contributed by atoms with Crippen LogP contribution in [-0.4, -0.2) is 24.9 Å². The summed E-state index contributed by atoms with van der Waals surface area (Å²) in [7, 11) is 0. The second-order valence-electron chi connectivity index (χ2n) is 4.47. The molecule has 4 nitrogen and oxygen atoms in total. The molecule has 0 radical (unpaired) electrons. The zero-order chi connectivity index (χ0) is 15.9. The molecule has 2 rings (SSSR count). The molecule has 22 heavy (non-hydrogen) atoms. The highest BCUT2D eigenvalue weighted by atomic mass is 35.5. The van der Waals surface area contributed by atoms with Gasteiger partial charge in [0, 0.05) is 18.7 Å². The van der Waals surface area contributed by atoms with Crippen LogP contribution in [0.1, 0.15) is 26.5 Å². The Bertz CT molecular complexity index is 660. The number of thiophene rings is 1. The molecule has 0 atom stereocenters. The molecule has 2 N–H and O–H groups in total. The number of nitrogens with one attached hydrogen (secondary N) is 2. The Balaban J connectivity index is 1.69. The van der Waals surface area contributed by atoms with Crippen LogP contribution in [0.25, 0.3) is 0 Å². The standard InChI is InChI=1S/C15H14Cl2N2O2S/c16-11-5-4-10(9-12(11)17)14(20)18-6-2-7-19-15(21)13-3-1-8-22-13/h1,3-5,8-9H,2,6-7H2,(H,18,20)(H,19,21).